The average molecular weight is 346 g/mol. The molecule has 1 aromatic heterocycles. The second kappa shape index (κ2) is 6.30. The van der Waals surface area contributed by atoms with Crippen LogP contribution < -0.4 is 4.74 Å². The van der Waals surface area contributed by atoms with Crippen LogP contribution in [-0.2, 0) is 6.42 Å². The Bertz CT molecular complexity index is 582. The highest BCUT2D eigenvalue weighted by Crippen LogP contribution is 2.30. The molecule has 0 aliphatic rings. The third-order valence-corrected chi connectivity index (χ3v) is 3.65. The minimum Gasteiger partial charge on any atom is -0.481 e. The minimum atomic E-state index is -0.338. The Morgan fingerprint density at radius 1 is 1.37 bits per heavy atom. The molecule has 2 rings (SSSR count). The smallest absolute Gasteiger partial charge is 0.216 e. The van der Waals surface area contributed by atoms with Gasteiger partial charge in [-0.2, -0.15) is 0 Å². The standard InChI is InChI=1S/C13H11BrClFN2O/c1-19-13-6-9(17-7-18-13)5-11(14)10-3-2-8(15)4-12(10)16/h2-4,6-7,11H,5H2,1H3. The van der Waals surface area contributed by atoms with Gasteiger partial charge >= 0.3 is 0 Å². The highest BCUT2D eigenvalue weighted by atomic mass is 79.9. The number of hydrogen-bond donors (Lipinski definition) is 0. The molecule has 0 radical (unpaired) electrons. The molecule has 1 atom stereocenters. The lowest BCUT2D eigenvalue weighted by Gasteiger charge is -2.11. The van der Waals surface area contributed by atoms with Crippen molar-refractivity contribution in [1.29, 1.82) is 0 Å². The van der Waals surface area contributed by atoms with Gasteiger partial charge in [0.25, 0.3) is 0 Å². The van der Waals surface area contributed by atoms with E-state index in [1.54, 1.807) is 18.2 Å². The van der Waals surface area contributed by atoms with E-state index in [-0.39, 0.29) is 10.6 Å². The molecule has 0 fully saturated rings. The maximum Gasteiger partial charge on any atom is 0.216 e. The summed E-state index contributed by atoms with van der Waals surface area (Å²) in [4.78, 5) is 7.87. The van der Waals surface area contributed by atoms with Crippen LogP contribution in [0.25, 0.3) is 0 Å². The van der Waals surface area contributed by atoms with Gasteiger partial charge in [-0.1, -0.05) is 33.6 Å². The van der Waals surface area contributed by atoms with Crippen molar-refractivity contribution in [2.24, 2.45) is 0 Å². The molecular formula is C13H11BrClFN2O. The maximum atomic E-state index is 13.8. The fourth-order valence-corrected chi connectivity index (χ4v) is 2.51. The SMILES string of the molecule is COc1cc(CC(Br)c2ccc(Cl)cc2F)ncn1. The number of nitrogens with zero attached hydrogens (tertiary/aromatic N) is 2. The molecule has 0 spiro atoms. The van der Waals surface area contributed by atoms with Gasteiger partial charge in [-0.05, 0) is 12.1 Å². The molecule has 0 N–H and O–H groups in total. The second-order valence-corrected chi connectivity index (χ2v) is 5.43. The van der Waals surface area contributed by atoms with Crippen LogP contribution in [0.4, 0.5) is 4.39 Å². The summed E-state index contributed by atoms with van der Waals surface area (Å²) in [6.07, 6.45) is 1.95. The summed E-state index contributed by atoms with van der Waals surface area (Å²) in [6.45, 7) is 0. The predicted octanol–water partition coefficient (Wildman–Crippen LogP) is 3.96. The van der Waals surface area contributed by atoms with Crippen molar-refractivity contribution < 1.29 is 9.13 Å². The van der Waals surface area contributed by atoms with Crippen molar-refractivity contribution >= 4 is 27.5 Å². The molecule has 0 aliphatic carbocycles. The molecule has 3 nitrogen and oxygen atoms in total. The van der Waals surface area contributed by atoms with E-state index in [4.69, 9.17) is 16.3 Å². The van der Waals surface area contributed by atoms with E-state index in [0.29, 0.717) is 22.9 Å². The van der Waals surface area contributed by atoms with E-state index < -0.39 is 0 Å². The van der Waals surface area contributed by atoms with Crippen LogP contribution in [0.15, 0.2) is 30.6 Å². The first-order valence-corrected chi connectivity index (χ1v) is 6.83. The van der Waals surface area contributed by atoms with Gasteiger partial charge in [0.05, 0.1) is 7.11 Å². The van der Waals surface area contributed by atoms with Crippen LogP contribution >= 0.6 is 27.5 Å². The molecular weight excluding hydrogens is 335 g/mol. The van der Waals surface area contributed by atoms with Crippen LogP contribution in [0.5, 0.6) is 5.88 Å². The molecule has 0 saturated carbocycles. The molecule has 19 heavy (non-hydrogen) atoms. The van der Waals surface area contributed by atoms with Crippen LogP contribution in [0.2, 0.25) is 5.02 Å². The number of rotatable bonds is 4. The second-order valence-electron chi connectivity index (χ2n) is 3.89. The Balaban J connectivity index is 2.17. The average Bonchev–Trinajstić information content (AvgIpc) is 2.38. The minimum absolute atomic E-state index is 0.190. The Labute approximate surface area is 123 Å². The van der Waals surface area contributed by atoms with Gasteiger partial charge in [-0.25, -0.2) is 14.4 Å². The highest BCUT2D eigenvalue weighted by Gasteiger charge is 2.14. The number of halogens is 3. The van der Waals surface area contributed by atoms with E-state index >= 15 is 0 Å². The van der Waals surface area contributed by atoms with Crippen LogP contribution in [0.3, 0.4) is 0 Å². The summed E-state index contributed by atoms with van der Waals surface area (Å²) in [5.41, 5.74) is 1.31. The molecule has 100 valence electrons. The van der Waals surface area contributed by atoms with Gasteiger partial charge in [-0.3, -0.25) is 0 Å². The number of benzene rings is 1. The van der Waals surface area contributed by atoms with E-state index in [1.165, 1.54) is 19.5 Å². The zero-order chi connectivity index (χ0) is 13.8. The Kier molecular flexibility index (Phi) is 4.71. The van der Waals surface area contributed by atoms with Gasteiger partial charge in [-0.15, -0.1) is 0 Å². The molecule has 1 unspecified atom stereocenters. The first-order valence-electron chi connectivity index (χ1n) is 5.54. The number of alkyl halides is 1. The normalized spacial score (nSPS) is 12.2. The molecule has 0 amide bonds. The largest absolute Gasteiger partial charge is 0.481 e. The zero-order valence-corrected chi connectivity index (χ0v) is 12.4. The van der Waals surface area contributed by atoms with E-state index in [9.17, 15) is 4.39 Å². The fraction of sp³-hybridized carbons (Fsp3) is 0.231. The van der Waals surface area contributed by atoms with Gasteiger partial charge in [0.1, 0.15) is 12.1 Å². The van der Waals surface area contributed by atoms with Gasteiger partial charge in [0.2, 0.25) is 5.88 Å². The quantitative estimate of drug-likeness (QED) is 0.787. The lowest BCUT2D eigenvalue weighted by atomic mass is 10.1. The Morgan fingerprint density at radius 2 is 2.16 bits per heavy atom. The van der Waals surface area contributed by atoms with Crippen LogP contribution in [0, 0.1) is 5.82 Å². The summed E-state index contributed by atoms with van der Waals surface area (Å²) in [6, 6.07) is 6.35. The number of ether oxygens (including phenoxy) is 1. The van der Waals surface area contributed by atoms with Gasteiger partial charge < -0.3 is 4.74 Å². The molecule has 0 saturated heterocycles. The lowest BCUT2D eigenvalue weighted by molar-refractivity contribution is 0.396. The first kappa shape index (κ1) is 14.2. The monoisotopic (exact) mass is 344 g/mol. The number of aromatic nitrogens is 2. The number of methoxy groups -OCH3 is 1. The molecule has 2 aromatic rings. The van der Waals surface area contributed by atoms with Crippen molar-refractivity contribution in [1.82, 2.24) is 9.97 Å². The van der Waals surface area contributed by atoms with Gasteiger partial charge in [0, 0.05) is 33.6 Å². The van der Waals surface area contributed by atoms with Crippen molar-refractivity contribution in [3.63, 3.8) is 0 Å². The Morgan fingerprint density at radius 3 is 2.84 bits per heavy atom. The molecule has 0 bridgehead atoms. The van der Waals surface area contributed by atoms with Crippen molar-refractivity contribution in [2.75, 3.05) is 7.11 Å². The summed E-state index contributed by atoms with van der Waals surface area (Å²) in [5.74, 6) is 0.150. The first-order chi connectivity index (χ1) is 9.10. The zero-order valence-electron chi connectivity index (χ0n) is 10.1. The molecule has 0 aliphatic heterocycles. The highest BCUT2D eigenvalue weighted by molar-refractivity contribution is 9.09. The molecule has 1 heterocycles. The summed E-state index contributed by atoms with van der Waals surface area (Å²) in [7, 11) is 1.54. The van der Waals surface area contributed by atoms with E-state index in [2.05, 4.69) is 25.9 Å². The Hall–Kier alpha value is -1.20. The van der Waals surface area contributed by atoms with Crippen molar-refractivity contribution in [3.05, 3.63) is 52.7 Å². The lowest BCUT2D eigenvalue weighted by Crippen LogP contribution is -2.01. The molecule has 1 aromatic carbocycles. The topological polar surface area (TPSA) is 35.0 Å². The number of hydrogen-bond acceptors (Lipinski definition) is 3. The van der Waals surface area contributed by atoms with Crippen LogP contribution in [-0.4, -0.2) is 17.1 Å². The van der Waals surface area contributed by atoms with E-state index in [1.807, 2.05) is 0 Å². The van der Waals surface area contributed by atoms with E-state index in [0.717, 1.165) is 5.69 Å². The fourth-order valence-electron chi connectivity index (χ4n) is 1.65. The van der Waals surface area contributed by atoms with Gasteiger partial charge in [0.15, 0.2) is 0 Å². The van der Waals surface area contributed by atoms with Crippen molar-refractivity contribution in [3.8, 4) is 5.88 Å². The summed E-state index contributed by atoms with van der Waals surface area (Å²) >= 11 is 9.19. The molecule has 6 heteroatoms. The third-order valence-electron chi connectivity index (χ3n) is 2.60. The van der Waals surface area contributed by atoms with Crippen molar-refractivity contribution in [2.45, 2.75) is 11.2 Å². The van der Waals surface area contributed by atoms with Crippen LogP contribution in [0.1, 0.15) is 16.1 Å². The third kappa shape index (κ3) is 3.64. The summed E-state index contributed by atoms with van der Waals surface area (Å²) in [5, 5.41) is 0.379. The summed E-state index contributed by atoms with van der Waals surface area (Å²) < 4.78 is 18.8. The maximum absolute atomic E-state index is 13.8. The predicted molar refractivity (Wildman–Crippen MR) is 75.4 cm³/mol.